The summed E-state index contributed by atoms with van der Waals surface area (Å²) >= 11 is 0. The molecule has 2 aromatic rings. The van der Waals surface area contributed by atoms with Crippen LogP contribution in [0.1, 0.15) is 27.2 Å². The third-order valence-corrected chi connectivity index (χ3v) is 3.34. The number of aromatic nitrogens is 4. The Labute approximate surface area is 116 Å². The lowest BCUT2D eigenvalue weighted by Gasteiger charge is -2.10. The van der Waals surface area contributed by atoms with E-state index in [1.165, 1.54) is 10.9 Å². The summed E-state index contributed by atoms with van der Waals surface area (Å²) in [5, 5.41) is 3.00. The molecule has 0 amide bonds. The van der Waals surface area contributed by atoms with Crippen molar-refractivity contribution in [2.75, 3.05) is 11.9 Å². The Bertz CT molecular complexity index is 719. The van der Waals surface area contributed by atoms with Crippen molar-refractivity contribution in [3.05, 3.63) is 27.0 Å². The van der Waals surface area contributed by atoms with Gasteiger partial charge in [-0.3, -0.25) is 14.2 Å². The first-order valence-corrected chi connectivity index (χ1v) is 6.80. The number of nitrogens with zero attached hydrogens (tertiary/aromatic N) is 3. The highest BCUT2D eigenvalue weighted by atomic mass is 16.1. The van der Waals surface area contributed by atoms with Crippen molar-refractivity contribution in [2.45, 2.75) is 33.7 Å². The SMILES string of the molecule is CCC(C)CNc1nc2ncn(CC)c(=O)c2[nH]c1=O. The van der Waals surface area contributed by atoms with Gasteiger partial charge in [0.05, 0.1) is 0 Å². The molecule has 0 radical (unpaired) electrons. The van der Waals surface area contributed by atoms with Crippen LogP contribution < -0.4 is 16.4 Å². The fourth-order valence-corrected chi connectivity index (χ4v) is 1.76. The minimum Gasteiger partial charge on any atom is -0.365 e. The molecule has 20 heavy (non-hydrogen) atoms. The largest absolute Gasteiger partial charge is 0.365 e. The number of anilines is 1. The van der Waals surface area contributed by atoms with E-state index in [1.807, 2.05) is 6.92 Å². The van der Waals surface area contributed by atoms with Gasteiger partial charge < -0.3 is 10.3 Å². The molecule has 7 heteroatoms. The van der Waals surface area contributed by atoms with Crippen molar-refractivity contribution >= 4 is 17.0 Å². The van der Waals surface area contributed by atoms with Crippen LogP contribution in [0.4, 0.5) is 5.82 Å². The summed E-state index contributed by atoms with van der Waals surface area (Å²) < 4.78 is 1.42. The smallest absolute Gasteiger partial charge is 0.291 e. The first kappa shape index (κ1) is 14.2. The zero-order chi connectivity index (χ0) is 14.7. The fourth-order valence-electron chi connectivity index (χ4n) is 1.76. The van der Waals surface area contributed by atoms with Gasteiger partial charge in [0.2, 0.25) is 0 Å². The second-order valence-corrected chi connectivity index (χ2v) is 4.84. The molecule has 0 aliphatic heterocycles. The normalized spacial score (nSPS) is 12.6. The van der Waals surface area contributed by atoms with E-state index in [0.717, 1.165) is 6.42 Å². The molecule has 0 spiro atoms. The Morgan fingerprint density at radius 3 is 2.80 bits per heavy atom. The van der Waals surface area contributed by atoms with E-state index in [1.54, 1.807) is 0 Å². The molecular weight excluding hydrogens is 258 g/mol. The maximum absolute atomic E-state index is 12.0. The number of aromatic amines is 1. The third kappa shape index (κ3) is 2.71. The molecule has 0 fully saturated rings. The zero-order valence-corrected chi connectivity index (χ0v) is 11.9. The second kappa shape index (κ2) is 5.85. The number of hydrogen-bond donors (Lipinski definition) is 2. The van der Waals surface area contributed by atoms with Crippen molar-refractivity contribution in [1.82, 2.24) is 19.5 Å². The Morgan fingerprint density at radius 2 is 2.15 bits per heavy atom. The van der Waals surface area contributed by atoms with Gasteiger partial charge in [-0.2, -0.15) is 0 Å². The summed E-state index contributed by atoms with van der Waals surface area (Å²) in [5.41, 5.74) is -0.275. The Kier molecular flexibility index (Phi) is 4.16. The molecule has 2 heterocycles. The van der Waals surface area contributed by atoms with E-state index in [9.17, 15) is 9.59 Å². The summed E-state index contributed by atoms with van der Waals surface area (Å²) in [7, 11) is 0. The van der Waals surface area contributed by atoms with E-state index in [2.05, 4.69) is 34.1 Å². The molecule has 108 valence electrons. The molecule has 2 aromatic heterocycles. The fraction of sp³-hybridized carbons (Fsp3) is 0.538. The lowest BCUT2D eigenvalue weighted by atomic mass is 10.1. The molecule has 0 aromatic carbocycles. The second-order valence-electron chi connectivity index (χ2n) is 4.84. The van der Waals surface area contributed by atoms with Crippen LogP contribution in [0.25, 0.3) is 11.2 Å². The minimum atomic E-state index is -0.395. The molecule has 7 nitrogen and oxygen atoms in total. The van der Waals surface area contributed by atoms with Crippen LogP contribution in [0.5, 0.6) is 0 Å². The number of fused-ring (bicyclic) bond motifs is 1. The number of H-pyrrole nitrogens is 1. The van der Waals surface area contributed by atoms with Gasteiger partial charge >= 0.3 is 0 Å². The maximum atomic E-state index is 12.0. The molecule has 0 aliphatic rings. The van der Waals surface area contributed by atoms with Gasteiger partial charge in [0, 0.05) is 13.1 Å². The lowest BCUT2D eigenvalue weighted by Crippen LogP contribution is -2.26. The van der Waals surface area contributed by atoms with E-state index in [-0.39, 0.29) is 22.5 Å². The Hall–Kier alpha value is -2.18. The van der Waals surface area contributed by atoms with Crippen LogP contribution in [0.3, 0.4) is 0 Å². The topological polar surface area (TPSA) is 92.7 Å². The maximum Gasteiger partial charge on any atom is 0.291 e. The summed E-state index contributed by atoms with van der Waals surface area (Å²) in [6.07, 6.45) is 2.45. The number of hydrogen-bond acceptors (Lipinski definition) is 5. The van der Waals surface area contributed by atoms with Gasteiger partial charge in [-0.15, -0.1) is 0 Å². The zero-order valence-electron chi connectivity index (χ0n) is 11.9. The average Bonchev–Trinajstić information content (AvgIpc) is 2.46. The van der Waals surface area contributed by atoms with Crippen LogP contribution in [0.15, 0.2) is 15.9 Å². The highest BCUT2D eigenvalue weighted by Crippen LogP contribution is 2.04. The molecule has 0 saturated heterocycles. The highest BCUT2D eigenvalue weighted by molar-refractivity contribution is 5.69. The lowest BCUT2D eigenvalue weighted by molar-refractivity contribution is 0.592. The van der Waals surface area contributed by atoms with Crippen molar-refractivity contribution in [2.24, 2.45) is 5.92 Å². The van der Waals surface area contributed by atoms with E-state index in [4.69, 9.17) is 0 Å². The average molecular weight is 277 g/mol. The first-order chi connectivity index (χ1) is 9.56. The van der Waals surface area contributed by atoms with E-state index in [0.29, 0.717) is 19.0 Å². The summed E-state index contributed by atoms with van der Waals surface area (Å²) in [6, 6.07) is 0. The molecular formula is C13H19N5O2. The van der Waals surface area contributed by atoms with E-state index < -0.39 is 5.56 Å². The van der Waals surface area contributed by atoms with Crippen LogP contribution >= 0.6 is 0 Å². The van der Waals surface area contributed by atoms with Gasteiger partial charge in [0.25, 0.3) is 11.1 Å². The Morgan fingerprint density at radius 1 is 1.40 bits per heavy atom. The van der Waals surface area contributed by atoms with Crippen molar-refractivity contribution in [3.8, 4) is 0 Å². The molecule has 0 bridgehead atoms. The van der Waals surface area contributed by atoms with Crippen molar-refractivity contribution in [1.29, 1.82) is 0 Å². The van der Waals surface area contributed by atoms with Crippen LogP contribution in [-0.4, -0.2) is 26.1 Å². The van der Waals surface area contributed by atoms with E-state index >= 15 is 0 Å². The predicted octanol–water partition coefficient (Wildman–Crippen LogP) is 0.958. The molecule has 1 unspecified atom stereocenters. The monoisotopic (exact) mass is 277 g/mol. The van der Waals surface area contributed by atoms with Gasteiger partial charge in [-0.05, 0) is 12.8 Å². The van der Waals surface area contributed by atoms with Gasteiger partial charge in [-0.25, -0.2) is 9.97 Å². The van der Waals surface area contributed by atoms with Gasteiger partial charge in [0.15, 0.2) is 17.0 Å². The van der Waals surface area contributed by atoms with Crippen LogP contribution in [0, 0.1) is 5.92 Å². The molecule has 2 N–H and O–H groups in total. The van der Waals surface area contributed by atoms with Gasteiger partial charge in [-0.1, -0.05) is 20.3 Å². The quantitative estimate of drug-likeness (QED) is 0.849. The molecule has 0 saturated carbocycles. The molecule has 0 aliphatic carbocycles. The third-order valence-electron chi connectivity index (χ3n) is 3.34. The van der Waals surface area contributed by atoms with Crippen molar-refractivity contribution in [3.63, 3.8) is 0 Å². The summed E-state index contributed by atoms with van der Waals surface area (Å²) in [5.74, 6) is 0.645. The Balaban J connectivity index is 2.43. The highest BCUT2D eigenvalue weighted by Gasteiger charge is 2.10. The van der Waals surface area contributed by atoms with Crippen LogP contribution in [0.2, 0.25) is 0 Å². The number of aryl methyl sites for hydroxylation is 1. The summed E-state index contributed by atoms with van der Waals surface area (Å²) in [4.78, 5) is 34.8. The minimum absolute atomic E-state index is 0.147. The van der Waals surface area contributed by atoms with Gasteiger partial charge in [0.1, 0.15) is 6.33 Å². The molecule has 1 atom stereocenters. The number of rotatable bonds is 5. The molecule has 2 rings (SSSR count). The van der Waals surface area contributed by atoms with Crippen molar-refractivity contribution < 1.29 is 0 Å². The number of nitrogens with one attached hydrogen (secondary N) is 2. The summed E-state index contributed by atoms with van der Waals surface area (Å²) in [6.45, 7) is 7.16. The van der Waals surface area contributed by atoms with Crippen LogP contribution in [-0.2, 0) is 6.54 Å². The first-order valence-electron chi connectivity index (χ1n) is 6.80. The standard InChI is InChI=1S/C13H19N5O2/c1-4-8(3)6-14-11-12(19)16-9-10(17-11)15-7-18(5-2)13(9)20/h7-8H,4-6H2,1-3H3,(H,14,17)(H,16,19). The predicted molar refractivity (Wildman–Crippen MR) is 78.0 cm³/mol.